The first-order valence-electron chi connectivity index (χ1n) is 14.3. The lowest BCUT2D eigenvalue weighted by molar-refractivity contribution is -0.144. The van der Waals surface area contributed by atoms with Gasteiger partial charge in [-0.3, -0.25) is 9.59 Å². The molecule has 4 aromatic rings. The first-order chi connectivity index (χ1) is 20.4. The molecule has 8 heteroatoms. The average Bonchev–Trinajstić information content (AvgIpc) is 3.42. The number of ether oxygens (including phenoxy) is 3. The van der Waals surface area contributed by atoms with Crippen LogP contribution < -0.4 is 9.47 Å². The molecule has 4 rings (SSSR count). The molecule has 2 amide bonds. The number of methoxy groups -OCH3 is 2. The van der Waals surface area contributed by atoms with Crippen molar-refractivity contribution in [2.75, 3.05) is 40.5 Å². The summed E-state index contributed by atoms with van der Waals surface area (Å²) in [4.78, 5) is 33.8. The fourth-order valence-electron chi connectivity index (χ4n) is 4.97. The Labute approximate surface area is 248 Å². The summed E-state index contributed by atoms with van der Waals surface area (Å²) in [5.74, 6) is 1.10. The summed E-state index contributed by atoms with van der Waals surface area (Å²) < 4.78 is 16.6. The topological polar surface area (TPSA) is 84.1 Å². The van der Waals surface area contributed by atoms with Gasteiger partial charge in [0.05, 0.1) is 27.4 Å². The van der Waals surface area contributed by atoms with Crippen LogP contribution in [-0.2, 0) is 33.9 Å². The predicted molar refractivity (Wildman–Crippen MR) is 164 cm³/mol. The molecule has 42 heavy (non-hydrogen) atoms. The SMILES string of the molecule is COc1ccc(CN(CCc2c[nH]c3ccccc23)C(=O)CN(CC(C)C)C(=O)COCc2ccccc2)cc1OC. The van der Waals surface area contributed by atoms with E-state index in [1.807, 2.05) is 91.7 Å². The largest absolute Gasteiger partial charge is 0.493 e. The van der Waals surface area contributed by atoms with E-state index in [1.54, 1.807) is 19.1 Å². The Morgan fingerprint density at radius 3 is 2.31 bits per heavy atom. The van der Waals surface area contributed by atoms with E-state index in [0.29, 0.717) is 44.2 Å². The Morgan fingerprint density at radius 1 is 0.833 bits per heavy atom. The number of H-pyrrole nitrogens is 1. The molecule has 3 aromatic carbocycles. The third-order valence-electron chi connectivity index (χ3n) is 7.10. The minimum Gasteiger partial charge on any atom is -0.493 e. The quantitative estimate of drug-likeness (QED) is 0.205. The van der Waals surface area contributed by atoms with E-state index >= 15 is 0 Å². The van der Waals surface area contributed by atoms with Crippen LogP contribution in [0.5, 0.6) is 11.5 Å². The van der Waals surface area contributed by atoms with Crippen molar-refractivity contribution in [2.24, 2.45) is 5.92 Å². The van der Waals surface area contributed by atoms with Gasteiger partial charge in [0, 0.05) is 36.7 Å². The van der Waals surface area contributed by atoms with Gasteiger partial charge < -0.3 is 29.0 Å². The van der Waals surface area contributed by atoms with Crippen molar-refractivity contribution in [3.05, 3.63) is 95.7 Å². The molecule has 222 valence electrons. The number of hydrogen-bond donors (Lipinski definition) is 1. The van der Waals surface area contributed by atoms with Crippen LogP contribution in [0.25, 0.3) is 10.9 Å². The van der Waals surface area contributed by atoms with Crippen LogP contribution in [0.2, 0.25) is 0 Å². The van der Waals surface area contributed by atoms with Crippen molar-refractivity contribution in [3.8, 4) is 11.5 Å². The second-order valence-corrected chi connectivity index (χ2v) is 10.8. The van der Waals surface area contributed by atoms with E-state index in [4.69, 9.17) is 14.2 Å². The summed E-state index contributed by atoms with van der Waals surface area (Å²) in [7, 11) is 3.19. The van der Waals surface area contributed by atoms with Crippen LogP contribution in [-0.4, -0.2) is 67.1 Å². The maximum absolute atomic E-state index is 13.9. The number of fused-ring (bicyclic) bond motifs is 1. The van der Waals surface area contributed by atoms with Crippen LogP contribution in [0.1, 0.15) is 30.5 Å². The molecule has 0 unspecified atom stereocenters. The summed E-state index contributed by atoms with van der Waals surface area (Å²) in [6.45, 7) is 5.63. The summed E-state index contributed by atoms with van der Waals surface area (Å²) >= 11 is 0. The fourth-order valence-corrected chi connectivity index (χ4v) is 4.97. The van der Waals surface area contributed by atoms with Crippen molar-refractivity contribution < 1.29 is 23.8 Å². The highest BCUT2D eigenvalue weighted by molar-refractivity contribution is 5.86. The van der Waals surface area contributed by atoms with E-state index in [0.717, 1.165) is 27.6 Å². The molecule has 0 radical (unpaired) electrons. The lowest BCUT2D eigenvalue weighted by Gasteiger charge is -2.29. The number of amides is 2. The molecule has 0 atom stereocenters. The van der Waals surface area contributed by atoms with Crippen LogP contribution in [0.15, 0.2) is 79.0 Å². The fraction of sp³-hybridized carbons (Fsp3) is 0.353. The standard InChI is InChI=1S/C34H41N3O5/c1-25(2)20-37(34(39)24-42-23-26-10-6-5-7-11-26)22-33(38)36(21-27-14-15-31(40-3)32(18-27)41-4)17-16-28-19-35-30-13-9-8-12-29(28)30/h5-15,18-19,25,35H,16-17,20-24H2,1-4H3. The molecule has 0 spiro atoms. The molecule has 0 bridgehead atoms. The molecule has 1 N–H and O–H groups in total. The number of nitrogens with zero attached hydrogens (tertiary/aromatic N) is 2. The lowest BCUT2D eigenvalue weighted by Crippen LogP contribution is -2.45. The second kappa shape index (κ2) is 15.1. The smallest absolute Gasteiger partial charge is 0.249 e. The zero-order valence-corrected chi connectivity index (χ0v) is 25.0. The Hall–Kier alpha value is -4.30. The molecular weight excluding hydrogens is 530 g/mol. The van der Waals surface area contributed by atoms with Gasteiger partial charge in [-0.15, -0.1) is 0 Å². The Balaban J connectivity index is 1.49. The van der Waals surface area contributed by atoms with E-state index in [9.17, 15) is 9.59 Å². The van der Waals surface area contributed by atoms with E-state index < -0.39 is 0 Å². The maximum Gasteiger partial charge on any atom is 0.249 e. The van der Waals surface area contributed by atoms with Gasteiger partial charge >= 0.3 is 0 Å². The van der Waals surface area contributed by atoms with Crippen LogP contribution in [0, 0.1) is 5.92 Å². The number of benzene rings is 3. The third-order valence-corrected chi connectivity index (χ3v) is 7.10. The van der Waals surface area contributed by atoms with Gasteiger partial charge in [-0.1, -0.05) is 68.4 Å². The van der Waals surface area contributed by atoms with Gasteiger partial charge in [0.2, 0.25) is 11.8 Å². The monoisotopic (exact) mass is 571 g/mol. The van der Waals surface area contributed by atoms with Gasteiger partial charge in [-0.25, -0.2) is 0 Å². The molecule has 0 aliphatic rings. The van der Waals surface area contributed by atoms with Crippen LogP contribution in [0.3, 0.4) is 0 Å². The highest BCUT2D eigenvalue weighted by Gasteiger charge is 2.23. The average molecular weight is 572 g/mol. The molecule has 0 saturated heterocycles. The van der Waals surface area contributed by atoms with E-state index in [2.05, 4.69) is 11.1 Å². The van der Waals surface area contributed by atoms with Gasteiger partial charge in [-0.05, 0) is 47.2 Å². The zero-order chi connectivity index (χ0) is 29.9. The van der Waals surface area contributed by atoms with Crippen molar-refractivity contribution in [3.63, 3.8) is 0 Å². The number of aromatic nitrogens is 1. The number of carbonyl (C=O) groups is 2. The number of carbonyl (C=O) groups excluding carboxylic acids is 2. The molecule has 0 aliphatic carbocycles. The Kier molecular flexibility index (Phi) is 11.0. The highest BCUT2D eigenvalue weighted by atomic mass is 16.5. The number of nitrogens with one attached hydrogen (secondary N) is 1. The number of rotatable bonds is 15. The van der Waals surface area contributed by atoms with E-state index in [1.165, 1.54) is 0 Å². The predicted octanol–water partition coefficient (Wildman–Crippen LogP) is 5.46. The highest BCUT2D eigenvalue weighted by Crippen LogP contribution is 2.28. The van der Waals surface area contributed by atoms with Gasteiger partial charge in [0.15, 0.2) is 11.5 Å². The number of aromatic amines is 1. The molecule has 0 aliphatic heterocycles. The maximum atomic E-state index is 13.9. The number of para-hydroxylation sites is 1. The molecule has 1 aromatic heterocycles. The molecule has 1 heterocycles. The lowest BCUT2D eigenvalue weighted by atomic mass is 10.1. The summed E-state index contributed by atoms with van der Waals surface area (Å²) in [6, 6.07) is 23.5. The second-order valence-electron chi connectivity index (χ2n) is 10.8. The van der Waals surface area contributed by atoms with Crippen molar-refractivity contribution in [1.29, 1.82) is 0 Å². The van der Waals surface area contributed by atoms with Gasteiger partial charge in [-0.2, -0.15) is 0 Å². The zero-order valence-electron chi connectivity index (χ0n) is 25.0. The molecule has 8 nitrogen and oxygen atoms in total. The van der Waals surface area contributed by atoms with Gasteiger partial charge in [0.25, 0.3) is 0 Å². The summed E-state index contributed by atoms with van der Waals surface area (Å²) in [6.07, 6.45) is 2.67. The first-order valence-corrected chi connectivity index (χ1v) is 14.3. The Morgan fingerprint density at radius 2 is 1.57 bits per heavy atom. The van der Waals surface area contributed by atoms with Gasteiger partial charge in [0.1, 0.15) is 6.61 Å². The summed E-state index contributed by atoms with van der Waals surface area (Å²) in [5.41, 5.74) is 4.11. The normalized spacial score (nSPS) is 11.1. The first kappa shape index (κ1) is 30.7. The minimum absolute atomic E-state index is 0.0209. The van der Waals surface area contributed by atoms with Crippen molar-refractivity contribution in [1.82, 2.24) is 14.8 Å². The van der Waals surface area contributed by atoms with E-state index in [-0.39, 0.29) is 30.9 Å². The van der Waals surface area contributed by atoms with Crippen LogP contribution >= 0.6 is 0 Å². The van der Waals surface area contributed by atoms with Crippen molar-refractivity contribution in [2.45, 2.75) is 33.4 Å². The van der Waals surface area contributed by atoms with Crippen LogP contribution in [0.4, 0.5) is 0 Å². The summed E-state index contributed by atoms with van der Waals surface area (Å²) in [5, 5.41) is 1.14. The molecule has 0 saturated carbocycles. The van der Waals surface area contributed by atoms with Crippen molar-refractivity contribution >= 4 is 22.7 Å². The molecule has 0 fully saturated rings. The minimum atomic E-state index is -0.198. The molecular formula is C34H41N3O5. The third kappa shape index (κ3) is 8.36. The number of hydrogen-bond acceptors (Lipinski definition) is 5. The Bertz CT molecular complexity index is 1450.